The van der Waals surface area contributed by atoms with Gasteiger partial charge in [-0.05, 0) is 54.1 Å². The smallest absolute Gasteiger partial charge is 0.144 e. The van der Waals surface area contributed by atoms with Crippen molar-refractivity contribution in [1.29, 1.82) is 0 Å². The van der Waals surface area contributed by atoms with Crippen LogP contribution in [0, 0.1) is 0 Å². The van der Waals surface area contributed by atoms with Gasteiger partial charge < -0.3 is 8.98 Å². The molecule has 3 heterocycles. The second-order valence-electron chi connectivity index (χ2n) is 10.1. The van der Waals surface area contributed by atoms with E-state index in [1.54, 1.807) is 0 Å². The molecule has 0 unspecified atom stereocenters. The SMILES string of the molecule is c1ccc(-n2c3ccccc3c3cc(-c4cc5c6ccccc6oc5c5c4sc4ccccc45)ccc32)cc1. The lowest BCUT2D eigenvalue weighted by molar-refractivity contribution is 0.673. The van der Waals surface area contributed by atoms with Crippen LogP contribution in [0.1, 0.15) is 0 Å². The Morgan fingerprint density at radius 3 is 2.15 bits per heavy atom. The van der Waals surface area contributed by atoms with Gasteiger partial charge in [-0.3, -0.25) is 0 Å². The summed E-state index contributed by atoms with van der Waals surface area (Å²) in [6, 6.07) is 45.7. The van der Waals surface area contributed by atoms with Crippen LogP contribution in [0.4, 0.5) is 0 Å². The highest BCUT2D eigenvalue weighted by Crippen LogP contribution is 2.47. The van der Waals surface area contributed by atoms with Gasteiger partial charge in [0.1, 0.15) is 11.2 Å². The zero-order valence-electron chi connectivity index (χ0n) is 20.9. The fourth-order valence-corrected chi connectivity index (χ4v) is 7.51. The number of thiophene rings is 1. The van der Waals surface area contributed by atoms with Crippen molar-refractivity contribution in [3.63, 3.8) is 0 Å². The van der Waals surface area contributed by atoms with Gasteiger partial charge >= 0.3 is 0 Å². The first-order valence-corrected chi connectivity index (χ1v) is 14.0. The quantitative estimate of drug-likeness (QED) is 0.224. The van der Waals surface area contributed by atoms with Crippen molar-refractivity contribution >= 4 is 75.3 Å². The minimum absolute atomic E-state index is 0.933. The van der Waals surface area contributed by atoms with Crippen LogP contribution in [0.3, 0.4) is 0 Å². The highest BCUT2D eigenvalue weighted by Gasteiger charge is 2.20. The lowest BCUT2D eigenvalue weighted by Gasteiger charge is -2.09. The van der Waals surface area contributed by atoms with E-state index in [4.69, 9.17) is 4.42 Å². The summed E-state index contributed by atoms with van der Waals surface area (Å²) in [5.74, 6) is 0. The highest BCUT2D eigenvalue weighted by molar-refractivity contribution is 7.26. The molecule has 6 aromatic carbocycles. The first-order valence-electron chi connectivity index (χ1n) is 13.2. The zero-order valence-corrected chi connectivity index (χ0v) is 21.7. The van der Waals surface area contributed by atoms with Gasteiger partial charge in [-0.1, -0.05) is 78.9 Å². The first kappa shape index (κ1) is 21.1. The van der Waals surface area contributed by atoms with Gasteiger partial charge in [0.25, 0.3) is 0 Å². The summed E-state index contributed by atoms with van der Waals surface area (Å²) in [5, 5.41) is 7.33. The molecule has 0 saturated carbocycles. The van der Waals surface area contributed by atoms with Crippen molar-refractivity contribution in [1.82, 2.24) is 4.57 Å². The van der Waals surface area contributed by atoms with E-state index in [2.05, 4.69) is 126 Å². The molecule has 0 aliphatic rings. The summed E-state index contributed by atoms with van der Waals surface area (Å²) < 4.78 is 11.4. The normalized spacial score (nSPS) is 12.1. The van der Waals surface area contributed by atoms with Crippen LogP contribution in [-0.4, -0.2) is 4.57 Å². The minimum Gasteiger partial charge on any atom is -0.455 e. The minimum atomic E-state index is 0.933. The Hall–Kier alpha value is -4.86. The Labute approximate surface area is 227 Å². The van der Waals surface area contributed by atoms with Crippen molar-refractivity contribution in [2.75, 3.05) is 0 Å². The maximum absolute atomic E-state index is 6.51. The Balaban J connectivity index is 1.41. The maximum atomic E-state index is 6.51. The van der Waals surface area contributed by atoms with Crippen LogP contribution in [0.5, 0.6) is 0 Å². The van der Waals surface area contributed by atoms with Crippen LogP contribution in [-0.2, 0) is 0 Å². The summed E-state index contributed by atoms with van der Waals surface area (Å²) >= 11 is 1.85. The molecule has 0 N–H and O–H groups in total. The first-order chi connectivity index (χ1) is 19.3. The molecule has 9 aromatic rings. The van der Waals surface area contributed by atoms with Crippen LogP contribution in [0.2, 0.25) is 0 Å². The van der Waals surface area contributed by atoms with Gasteiger partial charge in [0.2, 0.25) is 0 Å². The highest BCUT2D eigenvalue weighted by atomic mass is 32.1. The average molecular weight is 516 g/mol. The van der Waals surface area contributed by atoms with E-state index in [1.807, 2.05) is 17.4 Å². The van der Waals surface area contributed by atoms with Gasteiger partial charge in [-0.15, -0.1) is 11.3 Å². The van der Waals surface area contributed by atoms with Gasteiger partial charge in [0, 0.05) is 53.0 Å². The van der Waals surface area contributed by atoms with Gasteiger partial charge in [-0.25, -0.2) is 0 Å². The third-order valence-electron chi connectivity index (χ3n) is 7.99. The summed E-state index contributed by atoms with van der Waals surface area (Å²) in [4.78, 5) is 0. The van der Waals surface area contributed by atoms with Gasteiger partial charge in [-0.2, -0.15) is 0 Å². The van der Waals surface area contributed by atoms with Crippen molar-refractivity contribution < 1.29 is 4.42 Å². The third-order valence-corrected chi connectivity index (χ3v) is 9.19. The molecule has 0 bridgehead atoms. The molecule has 0 aliphatic carbocycles. The molecular weight excluding hydrogens is 494 g/mol. The van der Waals surface area contributed by atoms with Crippen LogP contribution < -0.4 is 0 Å². The molecule has 3 aromatic heterocycles. The molecule has 0 fully saturated rings. The monoisotopic (exact) mass is 515 g/mol. The number of hydrogen-bond donors (Lipinski definition) is 0. The zero-order chi connectivity index (χ0) is 25.5. The molecule has 39 heavy (non-hydrogen) atoms. The molecule has 0 atom stereocenters. The Bertz CT molecular complexity index is 2390. The molecule has 0 radical (unpaired) electrons. The predicted octanol–water partition coefficient (Wildman–Crippen LogP) is 10.7. The summed E-state index contributed by atoms with van der Waals surface area (Å²) in [6.07, 6.45) is 0. The number of fused-ring (bicyclic) bond motifs is 10. The molecule has 0 aliphatic heterocycles. The molecule has 3 heteroatoms. The van der Waals surface area contributed by atoms with E-state index in [1.165, 1.54) is 64.2 Å². The van der Waals surface area contributed by atoms with Crippen molar-refractivity contribution in [2.24, 2.45) is 0 Å². The third kappa shape index (κ3) is 2.91. The lowest BCUT2D eigenvalue weighted by Crippen LogP contribution is -1.92. The topological polar surface area (TPSA) is 18.1 Å². The molecule has 182 valence electrons. The van der Waals surface area contributed by atoms with E-state index in [9.17, 15) is 0 Å². The van der Waals surface area contributed by atoms with Gasteiger partial charge in [0.05, 0.1) is 11.0 Å². The number of rotatable bonds is 2. The summed E-state index contributed by atoms with van der Waals surface area (Å²) in [6.45, 7) is 0. The molecule has 2 nitrogen and oxygen atoms in total. The molecular formula is C36H21NOS. The summed E-state index contributed by atoms with van der Waals surface area (Å²) in [5.41, 5.74) is 8.00. The van der Waals surface area contributed by atoms with Crippen LogP contribution in [0.15, 0.2) is 132 Å². The number of nitrogens with zero attached hydrogens (tertiary/aromatic N) is 1. The number of benzene rings is 6. The van der Waals surface area contributed by atoms with Crippen molar-refractivity contribution in [2.45, 2.75) is 0 Å². The fraction of sp³-hybridized carbons (Fsp3) is 0. The number of aromatic nitrogens is 1. The van der Waals surface area contributed by atoms with E-state index in [0.717, 1.165) is 16.6 Å². The molecule has 0 spiro atoms. The standard InChI is InChI=1S/C36H21NOS/c1-2-10-23(11-3-1)37-30-15-7-4-12-24(30)28-20-22(18-19-31(28)37)27-21-29-25-13-5-8-16-32(25)38-35(29)34-26-14-6-9-17-33(26)39-36(27)34/h1-21H. The molecule has 0 amide bonds. The Morgan fingerprint density at radius 1 is 0.538 bits per heavy atom. The predicted molar refractivity (Wildman–Crippen MR) is 166 cm³/mol. The average Bonchev–Trinajstić information content (AvgIpc) is 3.66. The van der Waals surface area contributed by atoms with E-state index in [0.29, 0.717) is 0 Å². The van der Waals surface area contributed by atoms with Gasteiger partial charge in [0.15, 0.2) is 0 Å². The lowest BCUT2D eigenvalue weighted by atomic mass is 9.98. The number of furan rings is 1. The van der Waals surface area contributed by atoms with Crippen LogP contribution >= 0.6 is 11.3 Å². The Morgan fingerprint density at radius 2 is 1.26 bits per heavy atom. The fourth-order valence-electron chi connectivity index (χ4n) is 6.27. The summed E-state index contributed by atoms with van der Waals surface area (Å²) in [7, 11) is 0. The second-order valence-corrected chi connectivity index (χ2v) is 11.2. The van der Waals surface area contributed by atoms with Crippen molar-refractivity contribution in [3.05, 3.63) is 127 Å². The van der Waals surface area contributed by atoms with E-state index in [-0.39, 0.29) is 0 Å². The van der Waals surface area contributed by atoms with Crippen molar-refractivity contribution in [3.8, 4) is 16.8 Å². The number of para-hydroxylation sites is 3. The maximum Gasteiger partial charge on any atom is 0.144 e. The van der Waals surface area contributed by atoms with E-state index >= 15 is 0 Å². The molecule has 0 saturated heterocycles. The second kappa shape index (κ2) is 7.83. The largest absolute Gasteiger partial charge is 0.455 e. The van der Waals surface area contributed by atoms with Crippen LogP contribution in [0.25, 0.3) is 80.7 Å². The Kier molecular flexibility index (Phi) is 4.24. The van der Waals surface area contributed by atoms with E-state index < -0.39 is 0 Å². The molecule has 9 rings (SSSR count). The number of hydrogen-bond acceptors (Lipinski definition) is 2.